The summed E-state index contributed by atoms with van der Waals surface area (Å²) in [6.45, 7) is 14.3. The van der Waals surface area contributed by atoms with Crippen molar-refractivity contribution in [3.8, 4) is 0 Å². The fourth-order valence-corrected chi connectivity index (χ4v) is 8.77. The lowest BCUT2D eigenvalue weighted by atomic mass is 10.1. The number of fused-ring (bicyclic) bond motifs is 3. The maximum Gasteiger partial charge on any atom is 0.0904 e. The van der Waals surface area contributed by atoms with Crippen LogP contribution in [-0.2, 0) is 0 Å². The molecule has 3 rings (SSSR count). The Bertz CT molecular complexity index is 806. The van der Waals surface area contributed by atoms with Gasteiger partial charge in [0.15, 0.2) is 0 Å². The van der Waals surface area contributed by atoms with E-state index in [1.165, 1.54) is 18.4 Å². The largest absolute Gasteiger partial charge is 0.397 e. The molecule has 0 aliphatic rings. The molecule has 0 fully saturated rings. The van der Waals surface area contributed by atoms with Gasteiger partial charge in [0.2, 0.25) is 0 Å². The summed E-state index contributed by atoms with van der Waals surface area (Å²) >= 11 is 3.87. The second kappa shape index (κ2) is 4.83. The van der Waals surface area contributed by atoms with Crippen molar-refractivity contribution in [2.45, 2.75) is 39.3 Å². The van der Waals surface area contributed by atoms with Crippen molar-refractivity contribution < 1.29 is 0 Å². The van der Waals surface area contributed by atoms with Crippen LogP contribution in [0.5, 0.6) is 0 Å². The molecule has 1 aromatic carbocycles. The van der Waals surface area contributed by atoms with Crippen molar-refractivity contribution in [3.05, 3.63) is 12.1 Å². The lowest BCUT2D eigenvalue weighted by Gasteiger charge is -2.12. The van der Waals surface area contributed by atoms with Crippen molar-refractivity contribution in [2.24, 2.45) is 0 Å². The van der Waals surface area contributed by atoms with E-state index in [2.05, 4.69) is 51.4 Å². The molecule has 4 N–H and O–H groups in total. The average Bonchev–Trinajstić information content (AvgIpc) is 2.98. The van der Waals surface area contributed by atoms with Crippen LogP contribution >= 0.6 is 22.7 Å². The summed E-state index contributed by atoms with van der Waals surface area (Å²) in [4.78, 5) is 0. The van der Waals surface area contributed by atoms with Crippen molar-refractivity contribution in [3.63, 3.8) is 0 Å². The molecule has 0 unspecified atom stereocenters. The van der Waals surface area contributed by atoms with Gasteiger partial charge in [0.05, 0.1) is 36.9 Å². The Hall–Kier alpha value is -0.826. The summed E-state index contributed by atoms with van der Waals surface area (Å²) in [5.41, 5.74) is 14.3. The topological polar surface area (TPSA) is 52.0 Å². The van der Waals surface area contributed by atoms with Crippen molar-refractivity contribution in [1.29, 1.82) is 0 Å². The third-order valence-corrected chi connectivity index (χ3v) is 13.6. The lowest BCUT2D eigenvalue weighted by molar-refractivity contribution is 1.78. The maximum absolute atomic E-state index is 6.37. The van der Waals surface area contributed by atoms with Crippen LogP contribution < -0.4 is 20.5 Å². The Balaban J connectivity index is 2.43. The first-order chi connectivity index (χ1) is 10.00. The molecule has 2 heterocycles. The van der Waals surface area contributed by atoms with Gasteiger partial charge in [0.1, 0.15) is 0 Å². The molecule has 22 heavy (non-hydrogen) atoms. The van der Waals surface area contributed by atoms with Gasteiger partial charge in [-0.3, -0.25) is 0 Å². The fourth-order valence-electron chi connectivity index (χ4n) is 2.55. The zero-order chi connectivity index (χ0) is 16.4. The van der Waals surface area contributed by atoms with E-state index in [1.807, 2.05) is 22.7 Å². The van der Waals surface area contributed by atoms with Gasteiger partial charge in [-0.25, -0.2) is 0 Å². The van der Waals surface area contributed by atoms with E-state index in [-0.39, 0.29) is 0 Å². The van der Waals surface area contributed by atoms with Gasteiger partial charge in [0, 0.05) is 10.8 Å². The Kier molecular flexibility index (Phi) is 3.53. The van der Waals surface area contributed by atoms with Crippen LogP contribution in [0.2, 0.25) is 39.3 Å². The maximum atomic E-state index is 6.37. The van der Waals surface area contributed by atoms with Crippen molar-refractivity contribution in [1.82, 2.24) is 0 Å². The van der Waals surface area contributed by atoms with Crippen LogP contribution in [0.25, 0.3) is 20.2 Å². The van der Waals surface area contributed by atoms with E-state index in [0.29, 0.717) is 0 Å². The van der Waals surface area contributed by atoms with Gasteiger partial charge in [-0.05, 0) is 21.1 Å². The second-order valence-corrected chi connectivity index (χ2v) is 20.9. The quantitative estimate of drug-likeness (QED) is 0.403. The summed E-state index contributed by atoms with van der Waals surface area (Å²) < 4.78 is 5.69. The minimum absolute atomic E-state index is 0.767. The van der Waals surface area contributed by atoms with E-state index in [1.54, 1.807) is 0 Å². The Morgan fingerprint density at radius 2 is 1.00 bits per heavy atom. The van der Waals surface area contributed by atoms with Crippen LogP contribution in [0.1, 0.15) is 0 Å². The van der Waals surface area contributed by atoms with Crippen LogP contribution in [-0.4, -0.2) is 16.1 Å². The highest BCUT2D eigenvalue weighted by Gasteiger charge is 2.25. The van der Waals surface area contributed by atoms with Crippen LogP contribution in [0.3, 0.4) is 0 Å². The smallest absolute Gasteiger partial charge is 0.0904 e. The molecule has 2 aromatic heterocycles. The van der Waals surface area contributed by atoms with E-state index in [9.17, 15) is 0 Å². The van der Waals surface area contributed by atoms with Gasteiger partial charge in [-0.1, -0.05) is 39.3 Å². The van der Waals surface area contributed by atoms with Crippen LogP contribution in [0.4, 0.5) is 11.4 Å². The molecule has 0 aliphatic carbocycles. The van der Waals surface area contributed by atoms with Gasteiger partial charge >= 0.3 is 0 Å². The van der Waals surface area contributed by atoms with E-state index in [0.717, 1.165) is 22.1 Å². The molecule has 2 nitrogen and oxygen atoms in total. The highest BCUT2D eigenvalue weighted by atomic mass is 32.1. The number of benzene rings is 1. The lowest BCUT2D eigenvalue weighted by Crippen LogP contribution is -2.34. The number of rotatable bonds is 2. The molecule has 0 radical (unpaired) electrons. The molecule has 0 bridgehead atoms. The number of hydrogen-bond acceptors (Lipinski definition) is 4. The predicted molar refractivity (Wildman–Crippen MR) is 112 cm³/mol. The van der Waals surface area contributed by atoms with E-state index < -0.39 is 16.1 Å². The Morgan fingerprint density at radius 3 is 1.27 bits per heavy atom. The molecule has 3 aromatic rings. The SMILES string of the molecule is C[Si](C)(C)c1cc2c(N)c(N)c3cc([Si](C)(C)C)sc3c2s1. The Morgan fingerprint density at radius 1 is 0.682 bits per heavy atom. The molecule has 0 saturated carbocycles. The predicted octanol–water partition coefficient (Wildman–Crippen LogP) is 4.37. The fraction of sp³-hybridized carbons (Fsp3) is 0.375. The van der Waals surface area contributed by atoms with Gasteiger partial charge in [0.25, 0.3) is 0 Å². The summed E-state index contributed by atoms with van der Waals surface area (Å²) in [5.74, 6) is 0. The van der Waals surface area contributed by atoms with Crippen LogP contribution in [0, 0.1) is 0 Å². The number of thiophene rings is 2. The van der Waals surface area contributed by atoms with Gasteiger partial charge in [-0.15, -0.1) is 22.7 Å². The van der Waals surface area contributed by atoms with Crippen molar-refractivity contribution >= 4 is 79.4 Å². The molecule has 0 saturated heterocycles. The van der Waals surface area contributed by atoms with Gasteiger partial charge < -0.3 is 11.5 Å². The first-order valence-electron chi connectivity index (χ1n) is 7.55. The highest BCUT2D eigenvalue weighted by Crippen LogP contribution is 2.41. The molecule has 0 atom stereocenters. The zero-order valence-electron chi connectivity index (χ0n) is 14.1. The summed E-state index contributed by atoms with van der Waals surface area (Å²) in [5, 5.41) is 2.33. The number of nitrogen functional groups attached to an aromatic ring is 2. The highest BCUT2D eigenvalue weighted by molar-refractivity contribution is 7.37. The molecule has 118 valence electrons. The number of hydrogen-bond donors (Lipinski definition) is 2. The minimum atomic E-state index is -1.34. The van der Waals surface area contributed by atoms with Gasteiger partial charge in [-0.2, -0.15) is 0 Å². The standard InChI is InChI=1S/C16H24N2S2Si2/c1-21(2,3)11-7-9-13(17)14(18)10-8-12(22(4,5)6)20-16(10)15(9)19-11/h7-8H,17-18H2,1-6H3. The number of nitrogens with two attached hydrogens (primary N) is 2. The third-order valence-electron chi connectivity index (χ3n) is 4.02. The molecular weight excluding hydrogens is 340 g/mol. The molecule has 0 spiro atoms. The summed E-state index contributed by atoms with van der Waals surface area (Å²) in [6.07, 6.45) is 0. The zero-order valence-corrected chi connectivity index (χ0v) is 17.8. The van der Waals surface area contributed by atoms with Crippen LogP contribution in [0.15, 0.2) is 12.1 Å². The van der Waals surface area contributed by atoms with E-state index >= 15 is 0 Å². The molecule has 6 heteroatoms. The summed E-state index contributed by atoms with van der Waals surface area (Å²) in [7, 11) is -2.68. The molecule has 0 aliphatic heterocycles. The normalized spacial score (nSPS) is 13.4. The summed E-state index contributed by atoms with van der Waals surface area (Å²) in [6, 6.07) is 4.59. The second-order valence-electron chi connectivity index (χ2n) is 8.03. The average molecular weight is 365 g/mol. The van der Waals surface area contributed by atoms with Crippen molar-refractivity contribution in [2.75, 3.05) is 11.5 Å². The Labute approximate surface area is 142 Å². The van der Waals surface area contributed by atoms with E-state index in [4.69, 9.17) is 11.5 Å². The third kappa shape index (κ3) is 2.42. The molecule has 0 amide bonds. The number of anilines is 2. The minimum Gasteiger partial charge on any atom is -0.397 e. The first-order valence-corrected chi connectivity index (χ1v) is 16.2. The molecular formula is C16H24N2S2Si2. The monoisotopic (exact) mass is 364 g/mol. The first kappa shape index (κ1) is 16.0.